The molecule has 0 bridgehead atoms. The normalized spacial score (nSPS) is 22.1. The Morgan fingerprint density at radius 3 is 2.45 bits per heavy atom. The average Bonchev–Trinajstić information content (AvgIpc) is 3.49. The molecule has 0 aromatic heterocycles. The van der Waals surface area contributed by atoms with Crippen molar-refractivity contribution in [1.82, 2.24) is 10.2 Å². The lowest BCUT2D eigenvalue weighted by molar-refractivity contribution is -0.253. The van der Waals surface area contributed by atoms with Crippen molar-refractivity contribution < 1.29 is 34.0 Å². The lowest BCUT2D eigenvalue weighted by atomic mass is 9.97. The Labute approximate surface area is 258 Å². The fraction of sp³-hybridized carbons (Fsp3) is 0.429. The van der Waals surface area contributed by atoms with Gasteiger partial charge in [-0.3, -0.25) is 14.5 Å². The predicted octanol–water partition coefficient (Wildman–Crippen LogP) is 4.98. The maximum atomic E-state index is 12.1. The van der Waals surface area contributed by atoms with Gasteiger partial charge in [0.25, 0.3) is 0 Å². The van der Waals surface area contributed by atoms with E-state index in [0.717, 1.165) is 65.7 Å². The highest BCUT2D eigenvalue weighted by atomic mass is 16.7. The molecule has 2 fully saturated rings. The van der Waals surface area contributed by atoms with Crippen molar-refractivity contribution in [2.45, 2.75) is 69.8 Å². The molecule has 9 nitrogen and oxygen atoms in total. The van der Waals surface area contributed by atoms with Gasteiger partial charge in [0.15, 0.2) is 6.29 Å². The molecule has 2 aliphatic heterocycles. The Morgan fingerprint density at radius 1 is 0.977 bits per heavy atom. The van der Waals surface area contributed by atoms with Crippen molar-refractivity contribution in [3.8, 4) is 11.1 Å². The summed E-state index contributed by atoms with van der Waals surface area (Å²) in [4.78, 5) is 25.4. The first-order chi connectivity index (χ1) is 21.4. The number of nitrogens with zero attached hydrogens (tertiary/aromatic N) is 1. The summed E-state index contributed by atoms with van der Waals surface area (Å²) in [6, 6.07) is 24.3. The van der Waals surface area contributed by atoms with Crippen LogP contribution in [-0.4, -0.2) is 65.9 Å². The number of hydrogen-bond donors (Lipinski definition) is 3. The maximum Gasteiger partial charge on any atom is 0.303 e. The van der Waals surface area contributed by atoms with Crippen LogP contribution in [0.2, 0.25) is 0 Å². The van der Waals surface area contributed by atoms with Crippen LogP contribution < -0.4 is 5.32 Å². The van der Waals surface area contributed by atoms with Crippen molar-refractivity contribution in [3.63, 3.8) is 0 Å². The first-order valence-electron chi connectivity index (χ1n) is 15.3. The fourth-order valence-corrected chi connectivity index (χ4v) is 6.09. The molecule has 9 heteroatoms. The van der Waals surface area contributed by atoms with Crippen molar-refractivity contribution in [3.05, 3.63) is 95.1 Å². The molecular weight excluding hydrogens is 560 g/mol. The first kappa shape index (κ1) is 31.8. The molecule has 1 amide bonds. The minimum atomic E-state index is -0.991. The standard InChI is InChI=1S/C35H42N2O7/c1-42-23-29-6-4-18-37(29)21-30-19-32(26-10-8-24(22-38)9-11-26)44-35(43-30)27-14-12-25(13-15-27)31-7-3-2-5-28(31)20-36-33(39)16-17-34(40)41/h2-3,5,7-15,29-30,32,35,38H,4,6,16-23H2,1H3,(H,36,39)(H,40,41). The Balaban J connectivity index is 1.32. The topological polar surface area (TPSA) is 118 Å². The van der Waals surface area contributed by atoms with E-state index in [9.17, 15) is 14.7 Å². The van der Waals surface area contributed by atoms with Gasteiger partial charge in [-0.05, 0) is 47.2 Å². The SMILES string of the molecule is COCC1CCCN1CC1CC(c2ccc(CO)cc2)OC(c2ccc(-c3ccccc3CNC(=O)CCC(=O)O)cc2)O1. The summed E-state index contributed by atoms with van der Waals surface area (Å²) in [7, 11) is 1.75. The molecule has 0 saturated carbocycles. The van der Waals surface area contributed by atoms with Gasteiger partial charge in [-0.15, -0.1) is 0 Å². The summed E-state index contributed by atoms with van der Waals surface area (Å²) in [6.45, 7) is 2.87. The highest BCUT2D eigenvalue weighted by Gasteiger charge is 2.35. The van der Waals surface area contributed by atoms with E-state index in [1.165, 1.54) is 0 Å². The third-order valence-corrected chi connectivity index (χ3v) is 8.46. The number of nitrogens with one attached hydrogen (secondary N) is 1. The smallest absolute Gasteiger partial charge is 0.303 e. The van der Waals surface area contributed by atoms with Gasteiger partial charge in [-0.25, -0.2) is 0 Å². The van der Waals surface area contributed by atoms with Crippen LogP contribution >= 0.6 is 0 Å². The highest BCUT2D eigenvalue weighted by Crippen LogP contribution is 2.39. The number of carboxylic acid groups (broad SMARTS) is 1. The lowest BCUT2D eigenvalue weighted by Crippen LogP contribution is -2.42. The van der Waals surface area contributed by atoms with Crippen LogP contribution in [0.1, 0.15) is 66.8 Å². The van der Waals surface area contributed by atoms with E-state index in [1.807, 2.05) is 72.8 Å². The molecular formula is C35H42N2O7. The second-order valence-corrected chi connectivity index (χ2v) is 11.5. The quantitative estimate of drug-likeness (QED) is 0.251. The van der Waals surface area contributed by atoms with Gasteiger partial charge >= 0.3 is 5.97 Å². The van der Waals surface area contributed by atoms with Crippen molar-refractivity contribution in [2.75, 3.05) is 26.8 Å². The van der Waals surface area contributed by atoms with Gasteiger partial charge in [-0.2, -0.15) is 0 Å². The fourth-order valence-electron chi connectivity index (χ4n) is 6.09. The zero-order valence-corrected chi connectivity index (χ0v) is 25.2. The minimum Gasteiger partial charge on any atom is -0.481 e. The Hall–Kier alpha value is -3.60. The van der Waals surface area contributed by atoms with E-state index in [2.05, 4.69) is 10.2 Å². The van der Waals surface area contributed by atoms with Crippen LogP contribution in [0.25, 0.3) is 11.1 Å². The van der Waals surface area contributed by atoms with E-state index in [0.29, 0.717) is 19.2 Å². The molecule has 0 aliphatic carbocycles. The number of carboxylic acids is 1. The van der Waals surface area contributed by atoms with E-state index in [-0.39, 0.29) is 37.6 Å². The highest BCUT2D eigenvalue weighted by molar-refractivity contribution is 5.80. The Morgan fingerprint density at radius 2 is 1.73 bits per heavy atom. The lowest BCUT2D eigenvalue weighted by Gasteiger charge is -2.38. The Bertz CT molecular complexity index is 1380. The minimum absolute atomic E-state index is 0.00256. The number of aliphatic hydroxyl groups is 1. The molecule has 5 rings (SSSR count). The van der Waals surface area contributed by atoms with Crippen LogP contribution in [0, 0.1) is 0 Å². The summed E-state index contributed by atoms with van der Waals surface area (Å²) in [5.74, 6) is -1.28. The van der Waals surface area contributed by atoms with Crippen molar-refractivity contribution in [2.24, 2.45) is 0 Å². The molecule has 3 N–H and O–H groups in total. The van der Waals surface area contributed by atoms with E-state index < -0.39 is 12.3 Å². The molecule has 4 unspecified atom stereocenters. The molecule has 0 spiro atoms. The molecule has 44 heavy (non-hydrogen) atoms. The van der Waals surface area contributed by atoms with Crippen molar-refractivity contribution >= 4 is 11.9 Å². The largest absolute Gasteiger partial charge is 0.481 e. The molecule has 2 saturated heterocycles. The van der Waals surface area contributed by atoms with Gasteiger partial charge in [0, 0.05) is 44.6 Å². The number of aliphatic carboxylic acids is 1. The second kappa shape index (κ2) is 15.4. The van der Waals surface area contributed by atoms with Gasteiger partial charge in [-0.1, -0.05) is 72.8 Å². The van der Waals surface area contributed by atoms with Crippen LogP contribution in [0.3, 0.4) is 0 Å². The number of carbonyl (C=O) groups excluding carboxylic acids is 1. The summed E-state index contributed by atoms with van der Waals surface area (Å²) in [5.41, 5.74) is 5.77. The van der Waals surface area contributed by atoms with Gasteiger partial charge in [0.05, 0.1) is 31.8 Å². The number of aliphatic hydroxyl groups excluding tert-OH is 1. The van der Waals surface area contributed by atoms with E-state index in [1.54, 1.807) is 7.11 Å². The van der Waals surface area contributed by atoms with Crippen LogP contribution in [0.5, 0.6) is 0 Å². The average molecular weight is 603 g/mol. The third kappa shape index (κ3) is 8.31. The number of likely N-dealkylation sites (tertiary alicyclic amines) is 1. The summed E-state index contributed by atoms with van der Waals surface area (Å²) >= 11 is 0. The molecule has 2 heterocycles. The first-order valence-corrected chi connectivity index (χ1v) is 15.3. The van der Waals surface area contributed by atoms with Crippen LogP contribution in [0.4, 0.5) is 0 Å². The van der Waals surface area contributed by atoms with Gasteiger partial charge in [0.2, 0.25) is 5.91 Å². The summed E-state index contributed by atoms with van der Waals surface area (Å²) < 4.78 is 18.6. The molecule has 4 atom stereocenters. The van der Waals surface area contributed by atoms with Crippen molar-refractivity contribution in [1.29, 1.82) is 0 Å². The number of benzene rings is 3. The molecule has 0 radical (unpaired) electrons. The Kier molecular flexibility index (Phi) is 11.1. The monoisotopic (exact) mass is 602 g/mol. The number of rotatable bonds is 13. The van der Waals surface area contributed by atoms with E-state index in [4.69, 9.17) is 19.3 Å². The zero-order valence-electron chi connectivity index (χ0n) is 25.2. The number of carbonyl (C=O) groups is 2. The number of amides is 1. The number of ether oxygens (including phenoxy) is 3. The van der Waals surface area contributed by atoms with Gasteiger partial charge < -0.3 is 29.7 Å². The van der Waals surface area contributed by atoms with Crippen LogP contribution in [-0.2, 0) is 37.0 Å². The summed E-state index contributed by atoms with van der Waals surface area (Å²) in [6.07, 6.45) is 2.04. The predicted molar refractivity (Wildman–Crippen MR) is 165 cm³/mol. The zero-order chi connectivity index (χ0) is 30.9. The number of hydrogen-bond acceptors (Lipinski definition) is 7. The molecule has 3 aromatic carbocycles. The second-order valence-electron chi connectivity index (χ2n) is 11.5. The maximum absolute atomic E-state index is 12.1. The van der Waals surface area contributed by atoms with Crippen LogP contribution in [0.15, 0.2) is 72.8 Å². The molecule has 234 valence electrons. The van der Waals surface area contributed by atoms with Gasteiger partial charge in [0.1, 0.15) is 0 Å². The summed E-state index contributed by atoms with van der Waals surface area (Å²) in [5, 5.41) is 21.2. The van der Waals surface area contributed by atoms with E-state index >= 15 is 0 Å². The molecule has 2 aliphatic rings. The molecule has 3 aromatic rings. The third-order valence-electron chi connectivity index (χ3n) is 8.46. The number of methoxy groups -OCH3 is 1.